The van der Waals surface area contributed by atoms with Gasteiger partial charge in [0.2, 0.25) is 0 Å². The topological polar surface area (TPSA) is 12.0 Å². The van der Waals surface area contributed by atoms with Crippen LogP contribution in [0.25, 0.3) is 0 Å². The monoisotopic (exact) mass is 145 g/mol. The van der Waals surface area contributed by atoms with Crippen molar-refractivity contribution >= 4 is 11.8 Å². The number of thioether (sulfide) groups is 1. The summed E-state index contributed by atoms with van der Waals surface area (Å²) in [6.45, 7) is 8.01. The summed E-state index contributed by atoms with van der Waals surface area (Å²) in [6, 6.07) is 0. The van der Waals surface area contributed by atoms with E-state index in [2.05, 4.69) is 25.1 Å². The Morgan fingerprint density at radius 3 is 2.78 bits per heavy atom. The predicted octanol–water partition coefficient (Wildman–Crippen LogP) is 1.52. The first-order valence-corrected chi connectivity index (χ1v) is 4.57. The first-order valence-electron chi connectivity index (χ1n) is 3.17. The van der Waals surface area contributed by atoms with Crippen LogP contribution in [-0.4, -0.2) is 25.1 Å². The Balaban J connectivity index is 3.06. The fraction of sp³-hybridized carbons (Fsp3) is 0.714. The van der Waals surface area contributed by atoms with Gasteiger partial charge in [-0.3, -0.25) is 0 Å². The molecule has 0 atom stereocenters. The van der Waals surface area contributed by atoms with Crippen LogP contribution in [0.1, 0.15) is 6.92 Å². The molecule has 0 heterocycles. The van der Waals surface area contributed by atoms with Crippen LogP contribution in [0.5, 0.6) is 0 Å². The fourth-order valence-electron chi connectivity index (χ4n) is 0.557. The van der Waals surface area contributed by atoms with Gasteiger partial charge in [0.15, 0.2) is 0 Å². The van der Waals surface area contributed by atoms with Gasteiger partial charge < -0.3 is 5.32 Å². The van der Waals surface area contributed by atoms with E-state index in [1.165, 1.54) is 5.57 Å². The number of likely N-dealkylation sites (N-methyl/N-ethyl adjacent to an activating group) is 1. The quantitative estimate of drug-likeness (QED) is 0.589. The minimum Gasteiger partial charge on any atom is -0.313 e. The maximum atomic E-state index is 3.90. The third kappa shape index (κ3) is 5.93. The third-order valence-corrected chi connectivity index (χ3v) is 1.67. The normalized spacial score (nSPS) is 9.56. The van der Waals surface area contributed by atoms with E-state index in [1.54, 1.807) is 0 Å². The highest BCUT2D eigenvalue weighted by Gasteiger charge is 1.88. The molecule has 0 rings (SSSR count). The standard InChI is InChI=1S/C7H15NS/c1-4-8-5-7(2)6-9-3/h8H,2,4-6H2,1,3H3. The Bertz CT molecular complexity index is 81.0. The largest absolute Gasteiger partial charge is 0.313 e. The van der Waals surface area contributed by atoms with Gasteiger partial charge in [0.25, 0.3) is 0 Å². The molecule has 0 fully saturated rings. The average molecular weight is 145 g/mol. The van der Waals surface area contributed by atoms with Crippen molar-refractivity contribution in [2.75, 3.05) is 25.1 Å². The van der Waals surface area contributed by atoms with Gasteiger partial charge in [-0.05, 0) is 12.8 Å². The second-order valence-corrected chi connectivity index (χ2v) is 2.83. The van der Waals surface area contributed by atoms with Crippen LogP contribution in [0.3, 0.4) is 0 Å². The third-order valence-electron chi connectivity index (χ3n) is 0.973. The summed E-state index contributed by atoms with van der Waals surface area (Å²) in [5.74, 6) is 1.08. The Hall–Kier alpha value is 0.0500. The van der Waals surface area contributed by atoms with Crippen molar-refractivity contribution in [1.82, 2.24) is 5.32 Å². The number of hydrogen-bond acceptors (Lipinski definition) is 2. The van der Waals surface area contributed by atoms with Gasteiger partial charge >= 0.3 is 0 Å². The molecule has 0 saturated heterocycles. The van der Waals surface area contributed by atoms with Crippen LogP contribution in [0.15, 0.2) is 12.2 Å². The van der Waals surface area contributed by atoms with Crippen LogP contribution >= 0.6 is 11.8 Å². The Kier molecular flexibility index (Phi) is 6.21. The van der Waals surface area contributed by atoms with E-state index in [1.807, 2.05) is 11.8 Å². The molecule has 0 unspecified atom stereocenters. The summed E-state index contributed by atoms with van der Waals surface area (Å²) in [5, 5.41) is 3.22. The van der Waals surface area contributed by atoms with Crippen molar-refractivity contribution in [3.05, 3.63) is 12.2 Å². The van der Waals surface area contributed by atoms with E-state index in [9.17, 15) is 0 Å². The minimum absolute atomic E-state index is 0.970. The molecule has 0 saturated carbocycles. The van der Waals surface area contributed by atoms with Crippen LogP contribution in [0.4, 0.5) is 0 Å². The first-order chi connectivity index (χ1) is 4.31. The maximum absolute atomic E-state index is 3.90. The molecule has 2 heteroatoms. The zero-order chi connectivity index (χ0) is 7.11. The van der Waals surface area contributed by atoms with Crippen LogP contribution < -0.4 is 5.32 Å². The summed E-state index contributed by atoms with van der Waals surface area (Å²) in [7, 11) is 0. The molecular weight excluding hydrogens is 130 g/mol. The predicted molar refractivity (Wildman–Crippen MR) is 46.1 cm³/mol. The van der Waals surface area contributed by atoms with E-state index in [-0.39, 0.29) is 0 Å². The summed E-state index contributed by atoms with van der Waals surface area (Å²) in [6.07, 6.45) is 2.09. The van der Waals surface area contributed by atoms with Crippen LogP contribution in [0.2, 0.25) is 0 Å². The minimum atomic E-state index is 0.970. The van der Waals surface area contributed by atoms with Gasteiger partial charge in [-0.15, -0.1) is 0 Å². The van der Waals surface area contributed by atoms with Crippen molar-refractivity contribution in [2.45, 2.75) is 6.92 Å². The molecule has 9 heavy (non-hydrogen) atoms. The van der Waals surface area contributed by atoms with Gasteiger partial charge in [0, 0.05) is 12.3 Å². The highest BCUT2D eigenvalue weighted by atomic mass is 32.2. The molecule has 0 aliphatic carbocycles. The van der Waals surface area contributed by atoms with Crippen molar-refractivity contribution < 1.29 is 0 Å². The Morgan fingerprint density at radius 2 is 2.33 bits per heavy atom. The molecule has 0 amide bonds. The molecule has 0 spiro atoms. The lowest BCUT2D eigenvalue weighted by atomic mass is 10.3. The molecule has 0 aromatic rings. The van der Waals surface area contributed by atoms with Gasteiger partial charge in [0.1, 0.15) is 0 Å². The van der Waals surface area contributed by atoms with Gasteiger partial charge in [-0.1, -0.05) is 19.1 Å². The smallest absolute Gasteiger partial charge is 0.0170 e. The Labute approximate surface area is 61.9 Å². The lowest BCUT2D eigenvalue weighted by Gasteiger charge is -2.02. The number of rotatable bonds is 5. The molecule has 54 valence electrons. The number of hydrogen-bond donors (Lipinski definition) is 1. The van der Waals surface area contributed by atoms with E-state index < -0.39 is 0 Å². The van der Waals surface area contributed by atoms with E-state index >= 15 is 0 Å². The van der Waals surface area contributed by atoms with Crippen molar-refractivity contribution in [3.63, 3.8) is 0 Å². The molecular formula is C7H15NS. The van der Waals surface area contributed by atoms with Gasteiger partial charge in [-0.25, -0.2) is 0 Å². The van der Waals surface area contributed by atoms with Crippen LogP contribution in [-0.2, 0) is 0 Å². The van der Waals surface area contributed by atoms with E-state index in [4.69, 9.17) is 0 Å². The van der Waals surface area contributed by atoms with Crippen molar-refractivity contribution in [3.8, 4) is 0 Å². The molecule has 0 aromatic carbocycles. The molecule has 1 nitrogen and oxygen atoms in total. The summed E-state index contributed by atoms with van der Waals surface area (Å²) in [4.78, 5) is 0. The number of nitrogens with one attached hydrogen (secondary N) is 1. The van der Waals surface area contributed by atoms with E-state index in [0.29, 0.717) is 0 Å². The van der Waals surface area contributed by atoms with Crippen molar-refractivity contribution in [1.29, 1.82) is 0 Å². The molecule has 0 aromatic heterocycles. The molecule has 0 aliphatic rings. The van der Waals surface area contributed by atoms with Gasteiger partial charge in [0.05, 0.1) is 0 Å². The second kappa shape index (κ2) is 6.17. The Morgan fingerprint density at radius 1 is 1.67 bits per heavy atom. The zero-order valence-electron chi connectivity index (χ0n) is 6.24. The first kappa shape index (κ1) is 9.05. The summed E-state index contributed by atoms with van der Waals surface area (Å²) < 4.78 is 0. The summed E-state index contributed by atoms with van der Waals surface area (Å²) >= 11 is 1.82. The zero-order valence-corrected chi connectivity index (χ0v) is 7.05. The SMILES string of the molecule is C=C(CNCC)CSC. The lowest BCUT2D eigenvalue weighted by molar-refractivity contribution is 0.779. The molecule has 0 aliphatic heterocycles. The maximum Gasteiger partial charge on any atom is 0.0170 e. The fourth-order valence-corrected chi connectivity index (χ4v) is 1.07. The molecule has 0 radical (unpaired) electrons. The summed E-state index contributed by atoms with van der Waals surface area (Å²) in [5.41, 5.74) is 1.28. The molecule has 1 N–H and O–H groups in total. The highest BCUT2D eigenvalue weighted by molar-refractivity contribution is 7.98. The highest BCUT2D eigenvalue weighted by Crippen LogP contribution is 1.98. The average Bonchev–Trinajstić information content (AvgIpc) is 1.85. The van der Waals surface area contributed by atoms with Gasteiger partial charge in [-0.2, -0.15) is 11.8 Å². The van der Waals surface area contributed by atoms with Crippen LogP contribution in [0, 0.1) is 0 Å². The lowest BCUT2D eigenvalue weighted by Crippen LogP contribution is -2.16. The van der Waals surface area contributed by atoms with Crippen molar-refractivity contribution in [2.24, 2.45) is 0 Å². The second-order valence-electron chi connectivity index (χ2n) is 1.96. The van der Waals surface area contributed by atoms with E-state index in [0.717, 1.165) is 18.8 Å². The molecule has 0 bridgehead atoms.